The van der Waals surface area contributed by atoms with E-state index in [1.165, 1.54) is 6.33 Å². The summed E-state index contributed by atoms with van der Waals surface area (Å²) in [6, 6.07) is 12.9. The molecule has 0 radical (unpaired) electrons. The van der Waals surface area contributed by atoms with E-state index in [4.69, 9.17) is 5.73 Å². The van der Waals surface area contributed by atoms with Crippen molar-refractivity contribution in [3.05, 3.63) is 66.0 Å². The fraction of sp³-hybridized carbons (Fsp3) is 0.105. The van der Waals surface area contributed by atoms with E-state index in [9.17, 15) is 9.65 Å². The van der Waals surface area contributed by atoms with Crippen molar-refractivity contribution in [1.29, 1.82) is 5.26 Å². The molecule has 3 aromatic heterocycles. The lowest BCUT2D eigenvalue weighted by Gasteiger charge is -2.19. The normalized spacial score (nSPS) is 11.9. The summed E-state index contributed by atoms with van der Waals surface area (Å²) < 4.78 is 15.2. The number of hydrogen-bond acceptors (Lipinski definition) is 7. The van der Waals surface area contributed by atoms with E-state index in [2.05, 4.69) is 25.4 Å². The van der Waals surface area contributed by atoms with Gasteiger partial charge in [0.15, 0.2) is 5.65 Å². The maximum Gasteiger partial charge on any atom is 0.234 e. The van der Waals surface area contributed by atoms with Gasteiger partial charge in [0, 0.05) is 11.1 Å². The van der Waals surface area contributed by atoms with Gasteiger partial charge in [-0.05, 0) is 13.0 Å². The molecule has 28 heavy (non-hydrogen) atoms. The molecule has 4 rings (SSSR count). The highest BCUT2D eigenvalue weighted by Gasteiger charge is 2.19. The number of nitrogens with one attached hydrogen (secondary N) is 1. The maximum absolute atomic E-state index is 14.0. The molecule has 3 heterocycles. The Morgan fingerprint density at radius 1 is 1.21 bits per heavy atom. The molecule has 138 valence electrons. The molecule has 0 spiro atoms. The van der Waals surface area contributed by atoms with Crippen molar-refractivity contribution in [2.24, 2.45) is 0 Å². The van der Waals surface area contributed by atoms with Crippen LogP contribution in [-0.4, -0.2) is 24.6 Å². The monoisotopic (exact) mass is 374 g/mol. The number of imidazole rings is 1. The summed E-state index contributed by atoms with van der Waals surface area (Å²) in [5.74, 6) is -0.134. The van der Waals surface area contributed by atoms with Crippen molar-refractivity contribution in [3.63, 3.8) is 0 Å². The zero-order chi connectivity index (χ0) is 19.7. The van der Waals surface area contributed by atoms with Gasteiger partial charge < -0.3 is 11.1 Å². The third-order valence-corrected chi connectivity index (χ3v) is 4.34. The van der Waals surface area contributed by atoms with Gasteiger partial charge >= 0.3 is 0 Å². The number of nitrogen functional groups attached to an aromatic ring is 1. The number of nitriles is 1. The number of rotatable bonds is 4. The molecule has 3 N–H and O–H groups in total. The smallest absolute Gasteiger partial charge is 0.234 e. The molecule has 8 nitrogen and oxygen atoms in total. The molecule has 0 fully saturated rings. The van der Waals surface area contributed by atoms with Crippen LogP contribution in [0.25, 0.3) is 16.9 Å². The number of hydrogen-bond donors (Lipinski definition) is 2. The van der Waals surface area contributed by atoms with Crippen LogP contribution in [0.1, 0.15) is 24.1 Å². The van der Waals surface area contributed by atoms with Crippen molar-refractivity contribution in [3.8, 4) is 17.3 Å². The lowest BCUT2D eigenvalue weighted by atomic mass is 10.0. The SMILES string of the molecule is CC(Nc1ncnc(N)c1C#N)c1cc2ncc(F)n2nc1-c1ccccc1. The quantitative estimate of drug-likeness (QED) is 0.564. The molecule has 1 atom stereocenters. The largest absolute Gasteiger partial charge is 0.382 e. The van der Waals surface area contributed by atoms with E-state index in [1.54, 1.807) is 6.07 Å². The second kappa shape index (κ2) is 6.92. The average molecular weight is 374 g/mol. The van der Waals surface area contributed by atoms with Crippen LogP contribution in [0.4, 0.5) is 16.0 Å². The molecule has 0 aliphatic rings. The minimum atomic E-state index is -0.547. The Bertz CT molecular complexity index is 1200. The van der Waals surface area contributed by atoms with Crippen molar-refractivity contribution in [2.75, 3.05) is 11.1 Å². The van der Waals surface area contributed by atoms with Gasteiger partial charge in [0.25, 0.3) is 0 Å². The summed E-state index contributed by atoms with van der Waals surface area (Å²) >= 11 is 0. The minimum absolute atomic E-state index is 0.0967. The van der Waals surface area contributed by atoms with E-state index >= 15 is 0 Å². The highest BCUT2D eigenvalue weighted by Crippen LogP contribution is 2.30. The molecule has 0 saturated carbocycles. The average Bonchev–Trinajstić information content (AvgIpc) is 3.08. The first kappa shape index (κ1) is 17.4. The summed E-state index contributed by atoms with van der Waals surface area (Å²) in [5, 5.41) is 17.0. The molecule has 0 bridgehead atoms. The zero-order valence-electron chi connectivity index (χ0n) is 14.8. The van der Waals surface area contributed by atoms with E-state index in [-0.39, 0.29) is 17.4 Å². The number of fused-ring (bicyclic) bond motifs is 1. The van der Waals surface area contributed by atoms with E-state index in [0.29, 0.717) is 17.2 Å². The number of anilines is 2. The van der Waals surface area contributed by atoms with Crippen molar-refractivity contribution in [1.82, 2.24) is 24.6 Å². The zero-order valence-corrected chi connectivity index (χ0v) is 14.8. The molecule has 1 aromatic carbocycles. The molecular formula is C19H15FN8. The summed E-state index contributed by atoms with van der Waals surface area (Å²) in [5.41, 5.74) is 8.49. The van der Waals surface area contributed by atoms with Gasteiger partial charge in [0.05, 0.1) is 17.9 Å². The third kappa shape index (κ3) is 2.97. The molecule has 0 saturated heterocycles. The molecule has 9 heteroatoms. The summed E-state index contributed by atoms with van der Waals surface area (Å²) in [6.45, 7) is 1.89. The van der Waals surface area contributed by atoms with Gasteiger partial charge in [-0.3, -0.25) is 0 Å². The molecule has 1 unspecified atom stereocenters. The second-order valence-corrected chi connectivity index (χ2v) is 6.13. The van der Waals surface area contributed by atoms with Crippen LogP contribution < -0.4 is 11.1 Å². The van der Waals surface area contributed by atoms with Gasteiger partial charge in [-0.1, -0.05) is 30.3 Å². The Morgan fingerprint density at radius 2 is 2.00 bits per heavy atom. The van der Waals surface area contributed by atoms with Crippen LogP contribution in [0.15, 0.2) is 48.9 Å². The molecule has 0 aliphatic heterocycles. The van der Waals surface area contributed by atoms with Crippen LogP contribution in [0.3, 0.4) is 0 Å². The van der Waals surface area contributed by atoms with Crippen LogP contribution in [-0.2, 0) is 0 Å². The number of nitrogens with zero attached hydrogens (tertiary/aromatic N) is 6. The molecule has 0 aliphatic carbocycles. The topological polar surface area (TPSA) is 118 Å². The van der Waals surface area contributed by atoms with Gasteiger partial charge in [0.2, 0.25) is 5.95 Å². The first-order chi connectivity index (χ1) is 13.6. The fourth-order valence-electron chi connectivity index (χ4n) is 2.95. The van der Waals surface area contributed by atoms with Crippen LogP contribution in [0, 0.1) is 17.3 Å². The van der Waals surface area contributed by atoms with Crippen LogP contribution in [0.2, 0.25) is 0 Å². The predicted molar refractivity (Wildman–Crippen MR) is 102 cm³/mol. The Morgan fingerprint density at radius 3 is 2.75 bits per heavy atom. The molecular weight excluding hydrogens is 359 g/mol. The van der Waals surface area contributed by atoms with E-state index in [0.717, 1.165) is 21.8 Å². The Kier molecular flexibility index (Phi) is 4.29. The number of aromatic nitrogens is 5. The van der Waals surface area contributed by atoms with E-state index in [1.807, 2.05) is 43.3 Å². The van der Waals surface area contributed by atoms with E-state index < -0.39 is 5.95 Å². The minimum Gasteiger partial charge on any atom is -0.382 e. The number of benzene rings is 1. The summed E-state index contributed by atoms with van der Waals surface area (Å²) in [7, 11) is 0. The first-order valence-corrected chi connectivity index (χ1v) is 8.45. The van der Waals surface area contributed by atoms with Crippen molar-refractivity contribution >= 4 is 17.3 Å². The lowest BCUT2D eigenvalue weighted by molar-refractivity contribution is 0.549. The van der Waals surface area contributed by atoms with Crippen LogP contribution >= 0.6 is 0 Å². The first-order valence-electron chi connectivity index (χ1n) is 8.45. The number of nitrogens with two attached hydrogens (primary N) is 1. The Labute approximate surface area is 159 Å². The predicted octanol–water partition coefficient (Wildman–Crippen LogP) is 2.95. The molecule has 0 amide bonds. The number of halogens is 1. The standard InChI is InChI=1S/C19H15FN8/c1-11(26-19-14(8-21)18(22)24-10-25-19)13-7-16-23-9-15(20)28(16)27-17(13)12-5-3-2-4-6-12/h2-7,9-11H,1H3,(H3,22,24,25,26). The molecule has 4 aromatic rings. The van der Waals surface area contributed by atoms with Crippen molar-refractivity contribution < 1.29 is 4.39 Å². The van der Waals surface area contributed by atoms with Crippen molar-refractivity contribution in [2.45, 2.75) is 13.0 Å². The lowest BCUT2D eigenvalue weighted by Crippen LogP contribution is -2.14. The fourth-order valence-corrected chi connectivity index (χ4v) is 2.95. The van der Waals surface area contributed by atoms with Crippen LogP contribution in [0.5, 0.6) is 0 Å². The third-order valence-electron chi connectivity index (χ3n) is 4.34. The Balaban J connectivity index is 1.83. The van der Waals surface area contributed by atoms with Gasteiger partial charge in [-0.25, -0.2) is 15.0 Å². The maximum atomic E-state index is 14.0. The second-order valence-electron chi connectivity index (χ2n) is 6.13. The van der Waals surface area contributed by atoms with Gasteiger partial charge in [0.1, 0.15) is 29.6 Å². The van der Waals surface area contributed by atoms with Gasteiger partial charge in [-0.15, -0.1) is 0 Å². The highest BCUT2D eigenvalue weighted by atomic mass is 19.1. The van der Waals surface area contributed by atoms with Gasteiger partial charge in [-0.2, -0.15) is 19.3 Å². The highest BCUT2D eigenvalue weighted by molar-refractivity contribution is 5.68. The summed E-state index contributed by atoms with van der Waals surface area (Å²) in [6.07, 6.45) is 2.41. The summed E-state index contributed by atoms with van der Waals surface area (Å²) in [4.78, 5) is 12.0. The Hall–Kier alpha value is -4.06.